The molecule has 2 nitrogen and oxygen atoms in total. The molecule has 0 aliphatic carbocycles. The average molecular weight is 209 g/mol. The van der Waals surface area contributed by atoms with Crippen LogP contribution in [0.3, 0.4) is 0 Å². The molecule has 0 radical (unpaired) electrons. The maximum atomic E-state index is 13.1. The summed E-state index contributed by atoms with van der Waals surface area (Å²) in [5, 5.41) is 12.7. The van der Waals surface area contributed by atoms with E-state index >= 15 is 0 Å². The molecule has 2 rings (SSSR count). The van der Waals surface area contributed by atoms with Crippen LogP contribution in [0.2, 0.25) is 0 Å². The van der Waals surface area contributed by atoms with Crippen molar-refractivity contribution >= 4 is 0 Å². The van der Waals surface area contributed by atoms with Crippen molar-refractivity contribution < 1.29 is 9.50 Å². The van der Waals surface area contributed by atoms with Gasteiger partial charge < -0.3 is 10.4 Å². The molecule has 2 N–H and O–H groups in total. The van der Waals surface area contributed by atoms with Gasteiger partial charge in [0.2, 0.25) is 0 Å². The second-order valence-corrected chi connectivity index (χ2v) is 4.18. The number of halogens is 1. The second-order valence-electron chi connectivity index (χ2n) is 4.18. The number of rotatable bonds is 1. The van der Waals surface area contributed by atoms with Crippen LogP contribution in [0.1, 0.15) is 29.9 Å². The minimum absolute atomic E-state index is 0.228. The molecule has 15 heavy (non-hydrogen) atoms. The molecule has 1 aromatic carbocycles. The van der Waals surface area contributed by atoms with Crippen LogP contribution < -0.4 is 5.32 Å². The quantitative estimate of drug-likeness (QED) is 0.744. The third-order valence-corrected chi connectivity index (χ3v) is 3.11. The van der Waals surface area contributed by atoms with Gasteiger partial charge >= 0.3 is 0 Å². The van der Waals surface area contributed by atoms with E-state index in [0.717, 1.165) is 37.1 Å². The summed E-state index contributed by atoms with van der Waals surface area (Å²) in [6.07, 6.45) is 2.12. The molecule has 1 aliphatic rings. The fourth-order valence-electron chi connectivity index (χ4n) is 2.25. The molecule has 0 saturated carbocycles. The third kappa shape index (κ3) is 2.12. The van der Waals surface area contributed by atoms with Gasteiger partial charge in [0.25, 0.3) is 0 Å². The number of benzene rings is 1. The van der Waals surface area contributed by atoms with Gasteiger partial charge in [0, 0.05) is 0 Å². The van der Waals surface area contributed by atoms with Gasteiger partial charge in [0.15, 0.2) is 11.6 Å². The molecule has 3 heteroatoms. The lowest BCUT2D eigenvalue weighted by molar-refractivity contribution is 0.424. The Morgan fingerprint density at radius 1 is 1.33 bits per heavy atom. The van der Waals surface area contributed by atoms with Gasteiger partial charge in [-0.2, -0.15) is 0 Å². The van der Waals surface area contributed by atoms with E-state index < -0.39 is 5.82 Å². The highest BCUT2D eigenvalue weighted by atomic mass is 19.1. The third-order valence-electron chi connectivity index (χ3n) is 3.11. The molecule has 82 valence electrons. The summed E-state index contributed by atoms with van der Waals surface area (Å²) in [6, 6.07) is 3.01. The van der Waals surface area contributed by atoms with Crippen LogP contribution in [-0.2, 0) is 0 Å². The molecule has 0 bridgehead atoms. The number of phenols is 1. The predicted molar refractivity (Wildman–Crippen MR) is 57.6 cm³/mol. The Morgan fingerprint density at radius 3 is 2.67 bits per heavy atom. The summed E-state index contributed by atoms with van der Waals surface area (Å²) in [5.74, 6) is -0.294. The first-order valence-corrected chi connectivity index (χ1v) is 5.38. The zero-order chi connectivity index (χ0) is 10.8. The van der Waals surface area contributed by atoms with E-state index in [1.54, 1.807) is 6.07 Å². The summed E-state index contributed by atoms with van der Waals surface area (Å²) in [4.78, 5) is 0. The van der Waals surface area contributed by atoms with Crippen LogP contribution in [0.4, 0.5) is 4.39 Å². The van der Waals surface area contributed by atoms with Crippen LogP contribution in [0, 0.1) is 12.7 Å². The molecule has 1 fully saturated rings. The first-order valence-electron chi connectivity index (χ1n) is 5.38. The minimum atomic E-state index is -0.523. The van der Waals surface area contributed by atoms with Crippen LogP contribution in [0.15, 0.2) is 12.1 Å². The number of hydrogen-bond donors (Lipinski definition) is 2. The molecule has 0 atom stereocenters. The van der Waals surface area contributed by atoms with Gasteiger partial charge in [0.05, 0.1) is 0 Å². The van der Waals surface area contributed by atoms with Crippen LogP contribution in [-0.4, -0.2) is 18.2 Å². The van der Waals surface area contributed by atoms with E-state index in [2.05, 4.69) is 5.32 Å². The summed E-state index contributed by atoms with van der Waals surface area (Å²) >= 11 is 0. The van der Waals surface area contributed by atoms with Gasteiger partial charge in [0.1, 0.15) is 0 Å². The lowest BCUT2D eigenvalue weighted by Gasteiger charge is -2.24. The molecule has 1 saturated heterocycles. The summed E-state index contributed by atoms with van der Waals surface area (Å²) in [5.41, 5.74) is 2.03. The normalized spacial score (nSPS) is 18.0. The number of phenolic OH excluding ortho intramolecular Hbond substituents is 1. The highest BCUT2D eigenvalue weighted by Gasteiger charge is 2.18. The van der Waals surface area contributed by atoms with E-state index in [0.29, 0.717) is 5.92 Å². The maximum absolute atomic E-state index is 13.1. The zero-order valence-corrected chi connectivity index (χ0v) is 8.89. The highest BCUT2D eigenvalue weighted by Crippen LogP contribution is 2.31. The number of aromatic hydroxyl groups is 1. The first kappa shape index (κ1) is 10.4. The molecule has 1 heterocycles. The zero-order valence-electron chi connectivity index (χ0n) is 8.89. The molecule has 0 unspecified atom stereocenters. The van der Waals surface area contributed by atoms with E-state index in [1.807, 2.05) is 6.92 Å². The lowest BCUT2D eigenvalue weighted by atomic mass is 9.87. The Labute approximate surface area is 89.1 Å². The first-order chi connectivity index (χ1) is 7.18. The van der Waals surface area contributed by atoms with Gasteiger partial charge in [-0.05, 0) is 62.0 Å². The van der Waals surface area contributed by atoms with E-state index in [9.17, 15) is 9.50 Å². The lowest BCUT2D eigenvalue weighted by Crippen LogP contribution is -2.26. The molecule has 0 spiro atoms. The fourth-order valence-corrected chi connectivity index (χ4v) is 2.25. The van der Waals surface area contributed by atoms with Gasteiger partial charge in [-0.1, -0.05) is 0 Å². The van der Waals surface area contributed by atoms with Crippen molar-refractivity contribution in [2.75, 3.05) is 13.1 Å². The van der Waals surface area contributed by atoms with Gasteiger partial charge in [-0.15, -0.1) is 0 Å². The van der Waals surface area contributed by atoms with Crippen molar-refractivity contribution in [3.63, 3.8) is 0 Å². The number of hydrogen-bond acceptors (Lipinski definition) is 2. The van der Waals surface area contributed by atoms with Crippen molar-refractivity contribution in [2.24, 2.45) is 0 Å². The summed E-state index contributed by atoms with van der Waals surface area (Å²) in [7, 11) is 0. The SMILES string of the molecule is Cc1cc(F)c(O)cc1C1CCNCC1. The smallest absolute Gasteiger partial charge is 0.165 e. The molecule has 1 aliphatic heterocycles. The number of aryl methyl sites for hydroxylation is 1. The predicted octanol–water partition coefficient (Wildman–Crippen LogP) is 2.31. The van der Waals surface area contributed by atoms with Crippen molar-refractivity contribution in [3.8, 4) is 5.75 Å². The topological polar surface area (TPSA) is 32.3 Å². The van der Waals surface area contributed by atoms with E-state index in [1.165, 1.54) is 6.07 Å². The van der Waals surface area contributed by atoms with Crippen molar-refractivity contribution in [2.45, 2.75) is 25.7 Å². The largest absolute Gasteiger partial charge is 0.505 e. The standard InChI is InChI=1S/C12H16FNO/c1-8-6-11(13)12(15)7-10(8)9-2-4-14-5-3-9/h6-7,9,14-15H,2-5H2,1H3. The number of nitrogens with one attached hydrogen (secondary N) is 1. The van der Waals surface area contributed by atoms with Gasteiger partial charge in [-0.25, -0.2) is 4.39 Å². The monoisotopic (exact) mass is 209 g/mol. The minimum Gasteiger partial charge on any atom is -0.505 e. The molecular formula is C12H16FNO. The van der Waals surface area contributed by atoms with E-state index in [-0.39, 0.29) is 5.75 Å². The van der Waals surface area contributed by atoms with Crippen molar-refractivity contribution in [3.05, 3.63) is 29.1 Å². The Morgan fingerprint density at radius 2 is 2.00 bits per heavy atom. The van der Waals surface area contributed by atoms with Crippen molar-refractivity contribution in [1.29, 1.82) is 0 Å². The average Bonchev–Trinajstić information content (AvgIpc) is 2.25. The van der Waals surface area contributed by atoms with Crippen molar-refractivity contribution in [1.82, 2.24) is 5.32 Å². The molecular weight excluding hydrogens is 193 g/mol. The Kier molecular flexibility index (Phi) is 2.91. The van der Waals surface area contributed by atoms with E-state index in [4.69, 9.17) is 0 Å². The van der Waals surface area contributed by atoms with Gasteiger partial charge in [-0.3, -0.25) is 0 Å². The summed E-state index contributed by atoms with van der Waals surface area (Å²) < 4.78 is 13.1. The maximum Gasteiger partial charge on any atom is 0.165 e. The summed E-state index contributed by atoms with van der Waals surface area (Å²) in [6.45, 7) is 3.91. The molecule has 0 amide bonds. The number of piperidine rings is 1. The highest BCUT2D eigenvalue weighted by molar-refractivity contribution is 5.37. The Bertz CT molecular complexity index is 359. The Hall–Kier alpha value is -1.09. The molecule has 1 aromatic rings. The van der Waals surface area contributed by atoms with Crippen LogP contribution in [0.25, 0.3) is 0 Å². The molecule has 0 aromatic heterocycles. The Balaban J connectivity index is 2.30. The van der Waals surface area contributed by atoms with Crippen LogP contribution >= 0.6 is 0 Å². The fraction of sp³-hybridized carbons (Fsp3) is 0.500. The van der Waals surface area contributed by atoms with Crippen LogP contribution in [0.5, 0.6) is 5.75 Å². The second kappa shape index (κ2) is 4.19.